The monoisotopic (exact) mass is 568 g/mol. The zero-order valence-corrected chi connectivity index (χ0v) is 20.6. The van der Waals surface area contributed by atoms with Gasteiger partial charge in [-0.1, -0.05) is 52.3 Å². The number of urea groups is 1. The fourth-order valence-corrected chi connectivity index (χ4v) is 4.04. The molecule has 0 atom stereocenters. The molecule has 4 amide bonds. The average Bonchev–Trinajstić information content (AvgIpc) is 2.79. The van der Waals surface area contributed by atoms with E-state index in [-0.39, 0.29) is 5.57 Å². The van der Waals surface area contributed by atoms with Crippen LogP contribution in [0.3, 0.4) is 0 Å². The van der Waals surface area contributed by atoms with Crippen molar-refractivity contribution in [3.8, 4) is 5.75 Å². The number of imide groups is 2. The normalized spacial score (nSPS) is 15.1. The van der Waals surface area contributed by atoms with Gasteiger partial charge in [-0.15, -0.1) is 0 Å². The highest BCUT2D eigenvalue weighted by Crippen LogP contribution is 2.29. The predicted octanol–water partition coefficient (Wildman–Crippen LogP) is 5.77. The van der Waals surface area contributed by atoms with E-state index in [1.807, 2.05) is 37.3 Å². The maximum Gasteiger partial charge on any atom is 0.335 e. The fourth-order valence-electron chi connectivity index (χ4n) is 3.29. The Balaban J connectivity index is 1.58. The Bertz CT molecular complexity index is 1290. The van der Waals surface area contributed by atoms with Crippen LogP contribution in [0.15, 0.2) is 81.2 Å². The number of aryl methyl sites for hydroxylation is 1. The molecule has 3 aromatic rings. The van der Waals surface area contributed by atoms with Gasteiger partial charge in [-0.3, -0.25) is 14.9 Å². The van der Waals surface area contributed by atoms with Crippen molar-refractivity contribution >= 4 is 61.5 Å². The van der Waals surface area contributed by atoms with Crippen LogP contribution in [-0.2, 0) is 16.2 Å². The molecule has 8 heteroatoms. The second-order valence-corrected chi connectivity index (χ2v) is 9.06. The lowest BCUT2D eigenvalue weighted by Gasteiger charge is -2.26. The van der Waals surface area contributed by atoms with E-state index in [1.54, 1.807) is 36.4 Å². The molecule has 1 aliphatic rings. The zero-order chi connectivity index (χ0) is 23.5. The van der Waals surface area contributed by atoms with Crippen LogP contribution >= 0.6 is 31.9 Å². The summed E-state index contributed by atoms with van der Waals surface area (Å²) in [5.41, 5.74) is 2.73. The average molecular weight is 570 g/mol. The number of carbonyl (C=O) groups excluding carboxylic acids is 3. The molecule has 3 aromatic carbocycles. The standard InChI is InChI=1S/C25H18Br2N2O4/c1-15-11-18(8-9-20(15)26)29-24(31)19(23(30)28-25(29)32)12-17-7-10-22(21(27)13-17)33-14-16-5-3-2-4-6-16/h2-13H,14H2,1H3,(H,28,30,32)/b19-12+. The number of nitrogens with one attached hydrogen (secondary N) is 1. The number of ether oxygens (including phenoxy) is 1. The molecule has 0 aromatic heterocycles. The number of rotatable bonds is 5. The first-order valence-electron chi connectivity index (χ1n) is 9.97. The molecule has 0 aliphatic carbocycles. The van der Waals surface area contributed by atoms with Crippen LogP contribution in [0.5, 0.6) is 5.75 Å². The van der Waals surface area contributed by atoms with Crippen molar-refractivity contribution < 1.29 is 19.1 Å². The summed E-state index contributed by atoms with van der Waals surface area (Å²) >= 11 is 6.88. The maximum atomic E-state index is 13.1. The van der Waals surface area contributed by atoms with Gasteiger partial charge in [-0.2, -0.15) is 0 Å². The lowest BCUT2D eigenvalue weighted by Crippen LogP contribution is -2.54. The number of anilines is 1. The first-order valence-corrected chi connectivity index (χ1v) is 11.6. The van der Waals surface area contributed by atoms with Gasteiger partial charge in [0.15, 0.2) is 0 Å². The number of barbiturate groups is 1. The fraction of sp³-hybridized carbons (Fsp3) is 0.0800. The van der Waals surface area contributed by atoms with Crippen molar-refractivity contribution in [1.82, 2.24) is 5.32 Å². The van der Waals surface area contributed by atoms with Crippen LogP contribution < -0.4 is 15.0 Å². The van der Waals surface area contributed by atoms with E-state index in [4.69, 9.17) is 4.74 Å². The lowest BCUT2D eigenvalue weighted by molar-refractivity contribution is -0.122. The van der Waals surface area contributed by atoms with Crippen molar-refractivity contribution in [1.29, 1.82) is 0 Å². The van der Waals surface area contributed by atoms with Crippen molar-refractivity contribution in [2.75, 3.05) is 4.90 Å². The largest absolute Gasteiger partial charge is 0.488 e. The number of nitrogens with zero attached hydrogens (tertiary/aromatic N) is 1. The molecule has 0 spiro atoms. The van der Waals surface area contributed by atoms with E-state index in [0.29, 0.717) is 28.1 Å². The Morgan fingerprint density at radius 3 is 2.39 bits per heavy atom. The molecular formula is C25H18Br2N2O4. The molecule has 6 nitrogen and oxygen atoms in total. The minimum Gasteiger partial charge on any atom is -0.488 e. The van der Waals surface area contributed by atoms with E-state index in [1.165, 1.54) is 6.08 Å². The van der Waals surface area contributed by atoms with E-state index < -0.39 is 17.8 Å². The van der Waals surface area contributed by atoms with Crippen LogP contribution in [-0.4, -0.2) is 17.8 Å². The SMILES string of the molecule is Cc1cc(N2C(=O)NC(=O)/C(=C\c3ccc(OCc4ccccc4)c(Br)c3)C2=O)ccc1Br. The van der Waals surface area contributed by atoms with Gasteiger partial charge in [0.1, 0.15) is 17.9 Å². The molecule has 0 unspecified atom stereocenters. The molecule has 0 radical (unpaired) electrons. The van der Waals surface area contributed by atoms with E-state index in [0.717, 1.165) is 20.5 Å². The molecule has 4 rings (SSSR count). The molecule has 166 valence electrons. The summed E-state index contributed by atoms with van der Waals surface area (Å²) < 4.78 is 7.37. The lowest BCUT2D eigenvalue weighted by atomic mass is 10.1. The van der Waals surface area contributed by atoms with Crippen LogP contribution in [0.1, 0.15) is 16.7 Å². The maximum absolute atomic E-state index is 13.1. The Morgan fingerprint density at radius 1 is 0.939 bits per heavy atom. The van der Waals surface area contributed by atoms with Crippen LogP contribution in [0.2, 0.25) is 0 Å². The Kier molecular flexibility index (Phi) is 6.76. The second kappa shape index (κ2) is 9.72. The summed E-state index contributed by atoms with van der Waals surface area (Å²) in [4.78, 5) is 38.9. The molecule has 1 saturated heterocycles. The number of hydrogen-bond donors (Lipinski definition) is 1. The van der Waals surface area contributed by atoms with Crippen LogP contribution in [0.4, 0.5) is 10.5 Å². The third-order valence-electron chi connectivity index (χ3n) is 5.01. The summed E-state index contributed by atoms with van der Waals surface area (Å²) in [7, 11) is 0. The van der Waals surface area contributed by atoms with Gasteiger partial charge >= 0.3 is 6.03 Å². The smallest absolute Gasteiger partial charge is 0.335 e. The highest BCUT2D eigenvalue weighted by Gasteiger charge is 2.36. The Morgan fingerprint density at radius 2 is 1.70 bits per heavy atom. The minimum atomic E-state index is -0.783. The van der Waals surface area contributed by atoms with Gasteiger partial charge in [0, 0.05) is 4.47 Å². The number of carbonyl (C=O) groups is 3. The molecule has 33 heavy (non-hydrogen) atoms. The summed E-state index contributed by atoms with van der Waals surface area (Å²) in [6.45, 7) is 2.26. The molecule has 1 fully saturated rings. The van der Waals surface area contributed by atoms with Gasteiger partial charge in [-0.05, 0) is 76.0 Å². The number of hydrogen-bond acceptors (Lipinski definition) is 4. The molecular weight excluding hydrogens is 552 g/mol. The predicted molar refractivity (Wildman–Crippen MR) is 133 cm³/mol. The third-order valence-corrected chi connectivity index (χ3v) is 6.51. The highest BCUT2D eigenvalue weighted by molar-refractivity contribution is 9.10. The van der Waals surface area contributed by atoms with Gasteiger partial charge in [-0.25, -0.2) is 9.69 Å². The topological polar surface area (TPSA) is 75.7 Å². The molecule has 0 bridgehead atoms. The van der Waals surface area contributed by atoms with Crippen molar-refractivity contribution in [2.45, 2.75) is 13.5 Å². The molecule has 0 saturated carbocycles. The number of halogens is 2. The van der Waals surface area contributed by atoms with Crippen molar-refractivity contribution in [2.24, 2.45) is 0 Å². The second-order valence-electron chi connectivity index (χ2n) is 7.36. The van der Waals surface area contributed by atoms with Gasteiger partial charge < -0.3 is 4.74 Å². The number of amides is 4. The van der Waals surface area contributed by atoms with Crippen LogP contribution in [0.25, 0.3) is 6.08 Å². The number of benzene rings is 3. The minimum absolute atomic E-state index is 0.139. The summed E-state index contributed by atoms with van der Waals surface area (Å²) in [6, 6.07) is 19.3. The van der Waals surface area contributed by atoms with Gasteiger partial charge in [0.2, 0.25) is 0 Å². The van der Waals surface area contributed by atoms with Crippen molar-refractivity contribution in [3.05, 3.63) is 97.9 Å². The molecule has 1 heterocycles. The van der Waals surface area contributed by atoms with E-state index in [9.17, 15) is 14.4 Å². The molecule has 1 aliphatic heterocycles. The van der Waals surface area contributed by atoms with Crippen molar-refractivity contribution in [3.63, 3.8) is 0 Å². The third kappa shape index (κ3) is 5.07. The quantitative estimate of drug-likeness (QED) is 0.313. The first-order chi connectivity index (χ1) is 15.8. The summed E-state index contributed by atoms with van der Waals surface area (Å²) in [5, 5.41) is 2.24. The zero-order valence-electron chi connectivity index (χ0n) is 17.5. The van der Waals surface area contributed by atoms with Gasteiger partial charge in [0.05, 0.1) is 10.2 Å². The van der Waals surface area contributed by atoms with Gasteiger partial charge in [0.25, 0.3) is 11.8 Å². The van der Waals surface area contributed by atoms with Crippen LogP contribution in [0, 0.1) is 6.92 Å². The highest BCUT2D eigenvalue weighted by atomic mass is 79.9. The molecule has 1 N–H and O–H groups in total. The first kappa shape index (κ1) is 22.9. The van der Waals surface area contributed by atoms with E-state index in [2.05, 4.69) is 37.2 Å². The summed E-state index contributed by atoms with van der Waals surface area (Å²) in [6.07, 6.45) is 1.45. The van der Waals surface area contributed by atoms with E-state index >= 15 is 0 Å². The Hall–Kier alpha value is -3.23. The summed E-state index contributed by atoms with van der Waals surface area (Å²) in [5.74, 6) is -0.802. The Labute approximate surface area is 207 Å².